The Morgan fingerprint density at radius 1 is 1.05 bits per heavy atom. The molecule has 0 saturated heterocycles. The lowest BCUT2D eigenvalue weighted by Gasteiger charge is -2.11. The Morgan fingerprint density at radius 2 is 1.82 bits per heavy atom. The number of nitrogens with two attached hydrogens (primary N) is 1. The lowest BCUT2D eigenvalue weighted by molar-refractivity contribution is 0.416. The number of benzene rings is 2. The van der Waals surface area contributed by atoms with Crippen molar-refractivity contribution >= 4 is 10.9 Å². The van der Waals surface area contributed by atoms with Gasteiger partial charge >= 0.3 is 0 Å². The minimum atomic E-state index is 0.653. The fraction of sp³-hybridized carbons (Fsp3) is 0.263. The molecule has 0 aliphatic carbocycles. The highest BCUT2D eigenvalue weighted by molar-refractivity contribution is 5.99. The molecule has 3 heteroatoms. The van der Waals surface area contributed by atoms with Crippen LogP contribution in [0.3, 0.4) is 0 Å². The zero-order valence-corrected chi connectivity index (χ0v) is 13.1. The van der Waals surface area contributed by atoms with E-state index in [1.165, 1.54) is 27.7 Å². The van der Waals surface area contributed by atoms with Crippen LogP contribution in [-0.2, 0) is 12.8 Å². The molecule has 0 atom stereocenters. The predicted molar refractivity (Wildman–Crippen MR) is 92.4 cm³/mol. The Hall–Kier alpha value is -2.26. The molecule has 3 rings (SSSR count). The van der Waals surface area contributed by atoms with Crippen LogP contribution in [0.5, 0.6) is 5.75 Å². The number of hydrogen-bond donors (Lipinski definition) is 2. The number of methoxy groups -OCH3 is 1. The van der Waals surface area contributed by atoms with Gasteiger partial charge < -0.3 is 15.5 Å². The average molecular weight is 294 g/mol. The molecule has 114 valence electrons. The van der Waals surface area contributed by atoms with Gasteiger partial charge in [0.2, 0.25) is 0 Å². The van der Waals surface area contributed by atoms with Crippen molar-refractivity contribution in [3.8, 4) is 16.9 Å². The summed E-state index contributed by atoms with van der Waals surface area (Å²) in [5.41, 5.74) is 11.9. The van der Waals surface area contributed by atoms with Gasteiger partial charge in [0.25, 0.3) is 0 Å². The molecule has 0 radical (unpaired) electrons. The molecule has 0 bridgehead atoms. The first-order valence-corrected chi connectivity index (χ1v) is 7.76. The van der Waals surface area contributed by atoms with Crippen molar-refractivity contribution in [2.45, 2.75) is 19.8 Å². The summed E-state index contributed by atoms with van der Waals surface area (Å²) in [7, 11) is 1.72. The molecule has 3 aromatic rings. The SMILES string of the molecule is CCc1[nH]c2cccc(-c3ccccc3OC)c2c1CCN. The Bertz CT molecular complexity index is 789. The lowest BCUT2D eigenvalue weighted by Crippen LogP contribution is -2.04. The number of rotatable bonds is 5. The second-order valence-electron chi connectivity index (χ2n) is 5.40. The van der Waals surface area contributed by atoms with Crippen LogP contribution in [0.15, 0.2) is 42.5 Å². The highest BCUT2D eigenvalue weighted by Crippen LogP contribution is 2.37. The highest BCUT2D eigenvalue weighted by atomic mass is 16.5. The van der Waals surface area contributed by atoms with Crippen molar-refractivity contribution in [2.75, 3.05) is 13.7 Å². The van der Waals surface area contributed by atoms with Crippen LogP contribution in [0.25, 0.3) is 22.0 Å². The van der Waals surface area contributed by atoms with E-state index in [1.807, 2.05) is 18.2 Å². The number of para-hydroxylation sites is 1. The third-order valence-corrected chi connectivity index (χ3v) is 4.16. The summed E-state index contributed by atoms with van der Waals surface area (Å²) in [5, 5.41) is 1.27. The van der Waals surface area contributed by atoms with E-state index >= 15 is 0 Å². The Kier molecular flexibility index (Phi) is 4.16. The van der Waals surface area contributed by atoms with E-state index in [0.717, 1.165) is 24.2 Å². The van der Waals surface area contributed by atoms with E-state index in [1.54, 1.807) is 7.11 Å². The summed E-state index contributed by atoms with van der Waals surface area (Å²) < 4.78 is 5.55. The average Bonchev–Trinajstić information content (AvgIpc) is 2.93. The smallest absolute Gasteiger partial charge is 0.126 e. The summed E-state index contributed by atoms with van der Waals surface area (Å²) in [5.74, 6) is 0.896. The molecule has 0 aliphatic rings. The van der Waals surface area contributed by atoms with Gasteiger partial charge in [-0.05, 0) is 42.6 Å². The molecule has 3 nitrogen and oxygen atoms in total. The summed E-state index contributed by atoms with van der Waals surface area (Å²) in [6.45, 7) is 2.83. The Morgan fingerprint density at radius 3 is 2.55 bits per heavy atom. The molecule has 1 heterocycles. The topological polar surface area (TPSA) is 51.0 Å². The van der Waals surface area contributed by atoms with Crippen molar-refractivity contribution in [1.29, 1.82) is 0 Å². The molecule has 22 heavy (non-hydrogen) atoms. The number of H-pyrrole nitrogens is 1. The molecule has 1 aromatic heterocycles. The molecule has 0 saturated carbocycles. The Balaban J connectivity index is 2.32. The Labute approximate surface area is 131 Å². The van der Waals surface area contributed by atoms with Crippen LogP contribution in [0.4, 0.5) is 0 Å². The second-order valence-corrected chi connectivity index (χ2v) is 5.40. The number of aromatic nitrogens is 1. The number of aryl methyl sites for hydroxylation is 1. The zero-order chi connectivity index (χ0) is 15.5. The van der Waals surface area contributed by atoms with Crippen molar-refractivity contribution in [3.63, 3.8) is 0 Å². The minimum absolute atomic E-state index is 0.653. The zero-order valence-electron chi connectivity index (χ0n) is 13.1. The monoisotopic (exact) mass is 294 g/mol. The second kappa shape index (κ2) is 6.24. The van der Waals surface area contributed by atoms with E-state index in [4.69, 9.17) is 10.5 Å². The van der Waals surface area contributed by atoms with Gasteiger partial charge in [0.05, 0.1) is 7.11 Å². The van der Waals surface area contributed by atoms with Gasteiger partial charge in [0.15, 0.2) is 0 Å². The molecule has 0 spiro atoms. The van der Waals surface area contributed by atoms with Crippen LogP contribution in [0.2, 0.25) is 0 Å². The fourth-order valence-corrected chi connectivity index (χ4v) is 3.18. The maximum absolute atomic E-state index is 5.84. The van der Waals surface area contributed by atoms with Crippen molar-refractivity contribution in [3.05, 3.63) is 53.7 Å². The van der Waals surface area contributed by atoms with E-state index in [2.05, 4.69) is 36.2 Å². The molecule has 3 N–H and O–H groups in total. The third-order valence-electron chi connectivity index (χ3n) is 4.16. The quantitative estimate of drug-likeness (QED) is 0.749. The van der Waals surface area contributed by atoms with E-state index < -0.39 is 0 Å². The number of fused-ring (bicyclic) bond motifs is 1. The maximum Gasteiger partial charge on any atom is 0.126 e. The largest absolute Gasteiger partial charge is 0.496 e. The molecule has 0 unspecified atom stereocenters. The molecule has 0 aliphatic heterocycles. The first-order chi connectivity index (χ1) is 10.8. The van der Waals surface area contributed by atoms with Gasteiger partial charge in [0.1, 0.15) is 5.75 Å². The van der Waals surface area contributed by atoms with Crippen LogP contribution < -0.4 is 10.5 Å². The minimum Gasteiger partial charge on any atom is -0.496 e. The molecule has 0 amide bonds. The first-order valence-electron chi connectivity index (χ1n) is 7.76. The molecule has 0 fully saturated rings. The van der Waals surface area contributed by atoms with E-state index in [-0.39, 0.29) is 0 Å². The summed E-state index contributed by atoms with van der Waals surface area (Å²) in [6, 6.07) is 14.5. The van der Waals surface area contributed by atoms with Crippen LogP contribution in [-0.4, -0.2) is 18.6 Å². The van der Waals surface area contributed by atoms with Crippen LogP contribution in [0.1, 0.15) is 18.2 Å². The molecular formula is C19H22N2O. The van der Waals surface area contributed by atoms with Crippen molar-refractivity contribution in [1.82, 2.24) is 4.98 Å². The number of ether oxygens (including phenoxy) is 1. The van der Waals surface area contributed by atoms with Crippen LogP contribution in [0, 0.1) is 0 Å². The molecule has 2 aromatic carbocycles. The predicted octanol–water partition coefficient (Wildman–Crippen LogP) is 3.91. The number of nitrogens with one attached hydrogen (secondary N) is 1. The maximum atomic E-state index is 5.84. The van der Waals surface area contributed by atoms with Gasteiger partial charge in [-0.15, -0.1) is 0 Å². The number of hydrogen-bond acceptors (Lipinski definition) is 2. The summed E-state index contributed by atoms with van der Waals surface area (Å²) in [4.78, 5) is 3.55. The van der Waals surface area contributed by atoms with E-state index in [9.17, 15) is 0 Å². The molecular weight excluding hydrogens is 272 g/mol. The first kappa shape index (κ1) is 14.7. The van der Waals surface area contributed by atoms with Gasteiger partial charge in [-0.2, -0.15) is 0 Å². The van der Waals surface area contributed by atoms with Gasteiger partial charge in [-0.1, -0.05) is 37.3 Å². The van der Waals surface area contributed by atoms with Crippen molar-refractivity contribution in [2.24, 2.45) is 5.73 Å². The van der Waals surface area contributed by atoms with Gasteiger partial charge in [-0.3, -0.25) is 0 Å². The standard InChI is InChI=1S/C19H22N2O/c1-3-16-15(11-12-20)19-14(8-6-9-17(19)21-16)13-7-4-5-10-18(13)22-2/h4-10,21H,3,11-12,20H2,1-2H3. The van der Waals surface area contributed by atoms with Gasteiger partial charge in [0, 0.05) is 22.2 Å². The fourth-order valence-electron chi connectivity index (χ4n) is 3.18. The summed E-state index contributed by atoms with van der Waals surface area (Å²) >= 11 is 0. The summed E-state index contributed by atoms with van der Waals surface area (Å²) in [6.07, 6.45) is 1.87. The van der Waals surface area contributed by atoms with E-state index in [0.29, 0.717) is 6.54 Å². The van der Waals surface area contributed by atoms with Crippen LogP contribution >= 0.6 is 0 Å². The number of aromatic amines is 1. The highest BCUT2D eigenvalue weighted by Gasteiger charge is 2.16. The van der Waals surface area contributed by atoms with Gasteiger partial charge in [-0.25, -0.2) is 0 Å². The lowest BCUT2D eigenvalue weighted by atomic mass is 9.96. The third kappa shape index (κ3) is 2.38. The normalized spacial score (nSPS) is 11.0. The van der Waals surface area contributed by atoms with Crippen molar-refractivity contribution < 1.29 is 4.74 Å².